The van der Waals surface area contributed by atoms with E-state index in [0.29, 0.717) is 0 Å². The van der Waals surface area contributed by atoms with Crippen LogP contribution in [0.5, 0.6) is 0 Å². The van der Waals surface area contributed by atoms with Crippen molar-refractivity contribution in [2.75, 3.05) is 26.3 Å². The zero-order valence-corrected chi connectivity index (χ0v) is 16.6. The van der Waals surface area contributed by atoms with E-state index < -0.39 is 23.8 Å². The van der Waals surface area contributed by atoms with Crippen LogP contribution in [0.1, 0.15) is 11.1 Å². The van der Waals surface area contributed by atoms with E-state index in [2.05, 4.69) is 10.6 Å². The molecule has 0 aromatic carbocycles. The molecule has 8 nitrogen and oxygen atoms in total. The highest BCUT2D eigenvalue weighted by Gasteiger charge is 2.10. The molecule has 0 fully saturated rings. The highest BCUT2D eigenvalue weighted by molar-refractivity contribution is 7.08. The lowest BCUT2D eigenvalue weighted by molar-refractivity contribution is -0.148. The molecule has 0 bridgehead atoms. The highest BCUT2D eigenvalue weighted by atomic mass is 32.1. The van der Waals surface area contributed by atoms with Gasteiger partial charge in [-0.15, -0.1) is 0 Å². The summed E-state index contributed by atoms with van der Waals surface area (Å²) in [5.41, 5.74) is 1.68. The normalized spacial score (nSPS) is 10.1. The minimum Gasteiger partial charge on any atom is -0.455 e. The van der Waals surface area contributed by atoms with Gasteiger partial charge in [0.15, 0.2) is 13.2 Å². The number of rotatable bonds is 11. The molecule has 2 N–H and O–H groups in total. The fourth-order valence-electron chi connectivity index (χ4n) is 2.02. The molecule has 2 aromatic rings. The lowest BCUT2D eigenvalue weighted by Gasteiger charge is -2.08. The van der Waals surface area contributed by atoms with Crippen molar-refractivity contribution >= 4 is 46.4 Å². The largest absolute Gasteiger partial charge is 0.455 e. The molecule has 0 unspecified atom stereocenters. The fraction of sp³-hybridized carbons (Fsp3) is 0.333. The Balaban J connectivity index is 1.48. The van der Waals surface area contributed by atoms with Crippen LogP contribution >= 0.6 is 22.7 Å². The van der Waals surface area contributed by atoms with E-state index in [-0.39, 0.29) is 39.1 Å². The first-order chi connectivity index (χ1) is 13.5. The second kappa shape index (κ2) is 11.9. The van der Waals surface area contributed by atoms with Crippen LogP contribution in [0.15, 0.2) is 33.7 Å². The predicted molar refractivity (Wildman–Crippen MR) is 104 cm³/mol. The van der Waals surface area contributed by atoms with E-state index in [1.54, 1.807) is 0 Å². The molecule has 2 rings (SSSR count). The van der Waals surface area contributed by atoms with Crippen LogP contribution in [0.2, 0.25) is 0 Å². The Morgan fingerprint density at radius 2 is 1.18 bits per heavy atom. The van der Waals surface area contributed by atoms with Crippen LogP contribution in [0.4, 0.5) is 0 Å². The quantitative estimate of drug-likeness (QED) is 0.410. The maximum absolute atomic E-state index is 11.6. The molecule has 0 aliphatic carbocycles. The molecule has 150 valence electrons. The summed E-state index contributed by atoms with van der Waals surface area (Å²) in [6.45, 7) is -0.431. The summed E-state index contributed by atoms with van der Waals surface area (Å²) in [6.07, 6.45) is 0.246. The number of hydrogen-bond donors (Lipinski definition) is 2. The van der Waals surface area contributed by atoms with Gasteiger partial charge in [-0.3, -0.25) is 19.2 Å². The van der Waals surface area contributed by atoms with Gasteiger partial charge in [-0.05, 0) is 44.8 Å². The van der Waals surface area contributed by atoms with Gasteiger partial charge < -0.3 is 20.1 Å². The molecule has 2 amide bonds. The van der Waals surface area contributed by atoms with Crippen molar-refractivity contribution in [3.8, 4) is 0 Å². The van der Waals surface area contributed by atoms with Crippen LogP contribution in [0.25, 0.3) is 0 Å². The van der Waals surface area contributed by atoms with E-state index in [4.69, 9.17) is 9.47 Å². The molecule has 0 spiro atoms. The third-order valence-electron chi connectivity index (χ3n) is 3.35. The van der Waals surface area contributed by atoms with Gasteiger partial charge in [0.25, 0.3) is 11.8 Å². The number of carbonyl (C=O) groups excluding carboxylic acids is 4. The van der Waals surface area contributed by atoms with Crippen molar-refractivity contribution in [1.29, 1.82) is 0 Å². The molecule has 28 heavy (non-hydrogen) atoms. The van der Waals surface area contributed by atoms with Gasteiger partial charge in [0.05, 0.1) is 12.8 Å². The van der Waals surface area contributed by atoms with Crippen LogP contribution in [-0.2, 0) is 41.5 Å². The number of hydrogen-bond acceptors (Lipinski definition) is 8. The Kier molecular flexibility index (Phi) is 9.16. The molecular weight excluding hydrogens is 404 g/mol. The lowest BCUT2D eigenvalue weighted by atomic mass is 10.2. The van der Waals surface area contributed by atoms with Gasteiger partial charge >= 0.3 is 11.9 Å². The van der Waals surface area contributed by atoms with Crippen molar-refractivity contribution in [2.45, 2.75) is 12.8 Å². The SMILES string of the molecule is O=C(COC(=O)Cc1ccsc1)NCCNC(=O)COC(=O)Cc1ccsc1. The second-order valence-corrected chi connectivity index (χ2v) is 7.20. The van der Waals surface area contributed by atoms with Gasteiger partial charge in [-0.1, -0.05) is 0 Å². The van der Waals surface area contributed by atoms with E-state index in [0.717, 1.165) is 11.1 Å². The molecule has 0 radical (unpaired) electrons. The highest BCUT2D eigenvalue weighted by Crippen LogP contribution is 2.07. The van der Waals surface area contributed by atoms with E-state index in [9.17, 15) is 19.2 Å². The number of esters is 2. The number of nitrogens with one attached hydrogen (secondary N) is 2. The molecule has 0 atom stereocenters. The predicted octanol–water partition coefficient (Wildman–Crippen LogP) is 0.914. The molecule has 0 aliphatic heterocycles. The molecule has 2 heterocycles. The van der Waals surface area contributed by atoms with E-state index in [1.165, 1.54) is 22.7 Å². The summed E-state index contributed by atoms with van der Waals surface area (Å²) >= 11 is 2.96. The zero-order chi connectivity index (χ0) is 20.2. The van der Waals surface area contributed by atoms with Crippen molar-refractivity contribution in [3.63, 3.8) is 0 Å². The maximum Gasteiger partial charge on any atom is 0.310 e. The smallest absolute Gasteiger partial charge is 0.310 e. The standard InChI is InChI=1S/C18H20N2O6S2/c21-15(9-25-17(23)7-13-1-5-27-11-13)19-3-4-20-16(22)10-26-18(24)8-14-2-6-28-12-14/h1-2,5-6,11-12H,3-4,7-10H2,(H,19,21)(H,20,22). The molecule has 0 saturated carbocycles. The Bertz CT molecular complexity index is 708. The summed E-state index contributed by atoms with van der Waals surface area (Å²) in [7, 11) is 0. The molecule has 0 aliphatic rings. The number of amides is 2. The third kappa shape index (κ3) is 8.78. The number of thiophene rings is 2. The van der Waals surface area contributed by atoms with Crippen molar-refractivity contribution < 1.29 is 28.7 Å². The minimum atomic E-state index is -0.480. The Morgan fingerprint density at radius 1 is 0.750 bits per heavy atom. The third-order valence-corrected chi connectivity index (χ3v) is 4.82. The van der Waals surface area contributed by atoms with Gasteiger partial charge in [0.2, 0.25) is 0 Å². The Hall–Kier alpha value is -2.72. The fourth-order valence-corrected chi connectivity index (χ4v) is 3.36. The summed E-state index contributed by atoms with van der Waals surface area (Å²) in [5, 5.41) is 12.4. The van der Waals surface area contributed by atoms with E-state index >= 15 is 0 Å². The summed E-state index contributed by atoms with van der Waals surface area (Å²) < 4.78 is 9.75. The van der Waals surface area contributed by atoms with E-state index in [1.807, 2.05) is 33.7 Å². The lowest BCUT2D eigenvalue weighted by Crippen LogP contribution is -2.38. The average molecular weight is 425 g/mol. The summed E-state index contributed by atoms with van der Waals surface area (Å²) in [4.78, 5) is 46.3. The first-order valence-corrected chi connectivity index (χ1v) is 10.3. The maximum atomic E-state index is 11.6. The van der Waals surface area contributed by atoms with Crippen LogP contribution in [0, 0.1) is 0 Å². The minimum absolute atomic E-state index is 0.123. The second-order valence-electron chi connectivity index (χ2n) is 5.64. The van der Waals surface area contributed by atoms with Crippen molar-refractivity contribution in [2.24, 2.45) is 0 Å². The van der Waals surface area contributed by atoms with Gasteiger partial charge in [-0.2, -0.15) is 22.7 Å². The Morgan fingerprint density at radius 3 is 1.54 bits per heavy atom. The molecule has 0 saturated heterocycles. The van der Waals surface area contributed by atoms with Crippen LogP contribution in [-0.4, -0.2) is 50.1 Å². The van der Waals surface area contributed by atoms with Crippen molar-refractivity contribution in [3.05, 3.63) is 44.8 Å². The van der Waals surface area contributed by atoms with Crippen LogP contribution in [0.3, 0.4) is 0 Å². The van der Waals surface area contributed by atoms with Crippen molar-refractivity contribution in [1.82, 2.24) is 10.6 Å². The first kappa shape index (κ1) is 21.6. The Labute approximate surface area is 169 Å². The molecular formula is C18H20N2O6S2. The number of carbonyl (C=O) groups is 4. The van der Waals surface area contributed by atoms with Gasteiger partial charge in [0.1, 0.15) is 0 Å². The van der Waals surface area contributed by atoms with Crippen LogP contribution < -0.4 is 10.6 Å². The summed E-state index contributed by atoms with van der Waals surface area (Å²) in [5.74, 6) is -1.89. The average Bonchev–Trinajstić information content (AvgIpc) is 3.36. The van der Waals surface area contributed by atoms with Gasteiger partial charge in [-0.25, -0.2) is 0 Å². The monoisotopic (exact) mass is 424 g/mol. The van der Waals surface area contributed by atoms with Gasteiger partial charge in [0, 0.05) is 13.1 Å². The first-order valence-electron chi connectivity index (χ1n) is 8.39. The summed E-state index contributed by atoms with van der Waals surface area (Å²) in [6, 6.07) is 3.63. The molecule has 2 aromatic heterocycles. The zero-order valence-electron chi connectivity index (χ0n) is 15.0. The number of ether oxygens (including phenoxy) is 2. The molecule has 10 heteroatoms. The topological polar surface area (TPSA) is 111 Å².